The van der Waals surface area contributed by atoms with Crippen LogP contribution in [0, 0.1) is 20.8 Å². The molecule has 0 bridgehead atoms. The van der Waals surface area contributed by atoms with Gasteiger partial charge in [0.05, 0.1) is 25.0 Å². The van der Waals surface area contributed by atoms with E-state index in [4.69, 9.17) is 9.47 Å². The van der Waals surface area contributed by atoms with E-state index in [0.717, 1.165) is 28.7 Å². The number of carbonyl (C=O) groups excluding carboxylic acids is 1. The fourth-order valence-corrected chi connectivity index (χ4v) is 4.05. The number of aryl methyl sites for hydroxylation is 2. The van der Waals surface area contributed by atoms with Crippen LogP contribution in [0.4, 0.5) is 5.69 Å². The second-order valence-electron chi connectivity index (χ2n) is 7.21. The normalized spacial score (nSPS) is 16.0. The summed E-state index contributed by atoms with van der Waals surface area (Å²) >= 11 is 0. The van der Waals surface area contributed by atoms with Crippen molar-refractivity contribution in [1.29, 1.82) is 0 Å². The minimum absolute atomic E-state index is 0.0705. The molecule has 0 spiro atoms. The number of amides is 1. The topological polar surface area (TPSA) is 84.9 Å². The maximum absolute atomic E-state index is 12.6. The number of carbonyl (C=O) groups is 1. The largest absolute Gasteiger partial charge is 0.491 e. The molecule has 0 aromatic heterocycles. The van der Waals surface area contributed by atoms with Gasteiger partial charge in [0.1, 0.15) is 18.1 Å². The first-order valence-electron chi connectivity index (χ1n) is 9.38. The highest BCUT2D eigenvalue weighted by Crippen LogP contribution is 2.35. The summed E-state index contributed by atoms with van der Waals surface area (Å²) in [4.78, 5) is 12.6. The molecule has 2 aromatic carbocycles. The molecular formula is C21H26N2O5S. The summed E-state index contributed by atoms with van der Waals surface area (Å²) in [5.74, 6) is 0.772. The Morgan fingerprint density at radius 3 is 2.72 bits per heavy atom. The molecule has 7 nitrogen and oxygen atoms in total. The van der Waals surface area contributed by atoms with Gasteiger partial charge in [-0.2, -0.15) is 0 Å². The third-order valence-electron chi connectivity index (χ3n) is 4.89. The van der Waals surface area contributed by atoms with Crippen LogP contribution in [0.3, 0.4) is 0 Å². The van der Waals surface area contributed by atoms with Crippen molar-refractivity contribution in [2.45, 2.75) is 26.9 Å². The van der Waals surface area contributed by atoms with Crippen molar-refractivity contribution in [2.24, 2.45) is 0 Å². The molecule has 3 rings (SSSR count). The van der Waals surface area contributed by atoms with E-state index in [2.05, 4.69) is 5.32 Å². The monoisotopic (exact) mass is 418 g/mol. The molecule has 0 saturated heterocycles. The van der Waals surface area contributed by atoms with E-state index in [1.54, 1.807) is 12.1 Å². The number of hydrogen-bond acceptors (Lipinski definition) is 5. The molecule has 1 aliphatic rings. The first-order chi connectivity index (χ1) is 13.7. The van der Waals surface area contributed by atoms with Crippen LogP contribution in [0.1, 0.15) is 16.7 Å². The number of hydrogen-bond donors (Lipinski definition) is 1. The van der Waals surface area contributed by atoms with Gasteiger partial charge in [0.15, 0.2) is 6.10 Å². The van der Waals surface area contributed by atoms with Gasteiger partial charge in [-0.1, -0.05) is 18.2 Å². The number of ether oxygens (including phenoxy) is 2. The lowest BCUT2D eigenvalue weighted by molar-refractivity contribution is -0.127. The van der Waals surface area contributed by atoms with Crippen LogP contribution >= 0.6 is 0 Å². The highest BCUT2D eigenvalue weighted by molar-refractivity contribution is 7.92. The Labute approximate surface area is 171 Å². The average Bonchev–Trinajstić information content (AvgIpc) is 2.66. The molecule has 0 aliphatic carbocycles. The Morgan fingerprint density at radius 2 is 2.00 bits per heavy atom. The van der Waals surface area contributed by atoms with Crippen molar-refractivity contribution in [1.82, 2.24) is 5.32 Å². The van der Waals surface area contributed by atoms with Gasteiger partial charge >= 0.3 is 0 Å². The summed E-state index contributed by atoms with van der Waals surface area (Å²) in [7, 11) is -3.54. The predicted octanol–water partition coefficient (Wildman–Crippen LogP) is 2.33. The zero-order valence-electron chi connectivity index (χ0n) is 17.1. The molecule has 29 heavy (non-hydrogen) atoms. The smallest absolute Gasteiger partial charge is 0.263 e. The SMILES string of the molecule is Cc1ccc2c(c1)N(S(C)(=O)=O)CC(C(=O)NCCOc1cccc(C)c1C)O2. The van der Waals surface area contributed by atoms with Crippen molar-refractivity contribution in [3.63, 3.8) is 0 Å². The number of fused-ring (bicyclic) bond motifs is 1. The van der Waals surface area contributed by atoms with Crippen LogP contribution in [0.15, 0.2) is 36.4 Å². The van der Waals surface area contributed by atoms with Crippen LogP contribution in [-0.2, 0) is 14.8 Å². The summed E-state index contributed by atoms with van der Waals surface area (Å²) in [6.07, 6.45) is 0.192. The van der Waals surface area contributed by atoms with Gasteiger partial charge < -0.3 is 14.8 Å². The fraction of sp³-hybridized carbons (Fsp3) is 0.381. The molecule has 8 heteroatoms. The van der Waals surface area contributed by atoms with Crippen LogP contribution in [0.2, 0.25) is 0 Å². The molecule has 0 fully saturated rings. The summed E-state index contributed by atoms with van der Waals surface area (Å²) in [5, 5.41) is 2.76. The van der Waals surface area contributed by atoms with E-state index in [1.807, 2.05) is 45.0 Å². The Balaban J connectivity index is 1.62. The number of anilines is 1. The molecular weight excluding hydrogens is 392 g/mol. The summed E-state index contributed by atoms with van der Waals surface area (Å²) in [5.41, 5.74) is 3.56. The molecule has 1 atom stereocenters. The lowest BCUT2D eigenvalue weighted by Crippen LogP contribution is -2.51. The van der Waals surface area contributed by atoms with Crippen molar-refractivity contribution >= 4 is 21.6 Å². The Kier molecular flexibility index (Phi) is 6.02. The third-order valence-corrected chi connectivity index (χ3v) is 6.04. The minimum atomic E-state index is -3.54. The van der Waals surface area contributed by atoms with Crippen LogP contribution < -0.4 is 19.1 Å². The lowest BCUT2D eigenvalue weighted by Gasteiger charge is -2.34. The summed E-state index contributed by atoms with van der Waals surface area (Å²) in [6.45, 7) is 6.38. The van der Waals surface area contributed by atoms with Gasteiger partial charge in [-0.05, 0) is 55.7 Å². The third kappa shape index (κ3) is 4.82. The van der Waals surface area contributed by atoms with Crippen molar-refractivity contribution in [3.05, 3.63) is 53.1 Å². The molecule has 0 radical (unpaired) electrons. The highest BCUT2D eigenvalue weighted by Gasteiger charge is 2.34. The van der Waals surface area contributed by atoms with Crippen molar-refractivity contribution < 1.29 is 22.7 Å². The second kappa shape index (κ2) is 8.32. The summed E-state index contributed by atoms with van der Waals surface area (Å²) in [6, 6.07) is 11.1. The fourth-order valence-electron chi connectivity index (χ4n) is 3.14. The van der Waals surface area contributed by atoms with E-state index in [1.165, 1.54) is 4.31 Å². The maximum atomic E-state index is 12.6. The first kappa shape index (κ1) is 21.0. The second-order valence-corrected chi connectivity index (χ2v) is 9.12. The maximum Gasteiger partial charge on any atom is 0.263 e. The number of nitrogens with zero attached hydrogens (tertiary/aromatic N) is 1. The molecule has 156 valence electrons. The van der Waals surface area contributed by atoms with Crippen LogP contribution in [0.5, 0.6) is 11.5 Å². The molecule has 1 heterocycles. The standard InChI is InChI=1S/C21H26N2O5S/c1-14-8-9-19-17(12-14)23(29(4,25)26)13-20(28-19)21(24)22-10-11-27-18-7-5-6-15(2)16(18)3/h5-9,12,20H,10-11,13H2,1-4H3,(H,22,24). The molecule has 1 N–H and O–H groups in total. The van der Waals surface area contributed by atoms with Crippen LogP contribution in [0.25, 0.3) is 0 Å². The van der Waals surface area contributed by atoms with E-state index in [0.29, 0.717) is 18.0 Å². The molecule has 1 amide bonds. The molecule has 0 saturated carbocycles. The number of sulfonamides is 1. The van der Waals surface area contributed by atoms with E-state index in [-0.39, 0.29) is 19.0 Å². The van der Waals surface area contributed by atoms with Gasteiger partial charge in [-0.25, -0.2) is 8.42 Å². The number of benzene rings is 2. The highest BCUT2D eigenvalue weighted by atomic mass is 32.2. The minimum Gasteiger partial charge on any atom is -0.491 e. The predicted molar refractivity (Wildman–Crippen MR) is 112 cm³/mol. The van der Waals surface area contributed by atoms with E-state index >= 15 is 0 Å². The molecule has 1 unspecified atom stereocenters. The van der Waals surface area contributed by atoms with E-state index in [9.17, 15) is 13.2 Å². The molecule has 2 aromatic rings. The zero-order valence-corrected chi connectivity index (χ0v) is 17.9. The summed E-state index contributed by atoms with van der Waals surface area (Å²) < 4.78 is 37.2. The van der Waals surface area contributed by atoms with Gasteiger partial charge in [0.2, 0.25) is 10.0 Å². The van der Waals surface area contributed by atoms with Gasteiger partial charge in [0.25, 0.3) is 5.91 Å². The quantitative estimate of drug-likeness (QED) is 0.728. The molecule has 1 aliphatic heterocycles. The number of nitrogens with one attached hydrogen (secondary N) is 1. The number of rotatable bonds is 6. The van der Waals surface area contributed by atoms with Crippen LogP contribution in [-0.4, -0.2) is 46.4 Å². The van der Waals surface area contributed by atoms with E-state index < -0.39 is 16.1 Å². The zero-order chi connectivity index (χ0) is 21.2. The Bertz CT molecular complexity index is 1020. The average molecular weight is 419 g/mol. The van der Waals surface area contributed by atoms with Crippen molar-refractivity contribution in [2.75, 3.05) is 30.3 Å². The van der Waals surface area contributed by atoms with Crippen molar-refractivity contribution in [3.8, 4) is 11.5 Å². The van der Waals surface area contributed by atoms with Gasteiger partial charge in [-0.15, -0.1) is 0 Å². The Hall–Kier alpha value is -2.74. The Morgan fingerprint density at radius 1 is 1.24 bits per heavy atom. The van der Waals surface area contributed by atoms with Gasteiger partial charge in [-0.3, -0.25) is 9.10 Å². The first-order valence-corrected chi connectivity index (χ1v) is 11.2. The van der Waals surface area contributed by atoms with Gasteiger partial charge in [0, 0.05) is 0 Å². The lowest BCUT2D eigenvalue weighted by atomic mass is 10.1.